The zero-order valence-electron chi connectivity index (χ0n) is 10.6. The fourth-order valence-corrected chi connectivity index (χ4v) is 1.45. The van der Waals surface area contributed by atoms with Crippen LogP contribution in [-0.4, -0.2) is 25.0 Å². The van der Waals surface area contributed by atoms with Gasteiger partial charge in [-0.05, 0) is 17.7 Å². The summed E-state index contributed by atoms with van der Waals surface area (Å²) in [6.07, 6.45) is -14.9. The highest BCUT2D eigenvalue weighted by Gasteiger charge is 2.57. The molecule has 0 aliphatic heterocycles. The molecule has 0 saturated heterocycles. The topological polar surface area (TPSA) is 35.2 Å². The molecule has 2 nitrogen and oxygen atoms in total. The highest BCUT2D eigenvalue weighted by molar-refractivity contribution is 5.37. The minimum Gasteiger partial charge on any atom is -0.356 e. The number of nitrogens with two attached hydrogens (primary N) is 1. The second kappa shape index (κ2) is 6.83. The Kier molecular flexibility index (Phi) is 5.63. The quantitative estimate of drug-likeness (QED) is 0.688. The van der Waals surface area contributed by atoms with Gasteiger partial charge in [0, 0.05) is 5.56 Å². The molecule has 116 valence electrons. The van der Waals surface area contributed by atoms with Crippen LogP contribution in [0.25, 0.3) is 0 Å². The summed E-state index contributed by atoms with van der Waals surface area (Å²) in [5.41, 5.74) is 5.74. The van der Waals surface area contributed by atoms with Gasteiger partial charge >= 0.3 is 12.4 Å². The molecule has 0 saturated carbocycles. The zero-order chi connectivity index (χ0) is 16.1. The Morgan fingerprint density at radius 3 is 2.24 bits per heavy atom. The number of benzene rings is 1. The van der Waals surface area contributed by atoms with Gasteiger partial charge < -0.3 is 10.5 Å². The molecule has 0 radical (unpaired) electrons. The van der Waals surface area contributed by atoms with Crippen molar-refractivity contribution in [1.29, 1.82) is 0 Å². The lowest BCUT2D eigenvalue weighted by molar-refractivity contribution is -0.324. The third kappa shape index (κ3) is 5.65. The van der Waals surface area contributed by atoms with Gasteiger partial charge in [-0.1, -0.05) is 24.0 Å². The van der Waals surface area contributed by atoms with Crippen LogP contribution in [0.5, 0.6) is 0 Å². The summed E-state index contributed by atoms with van der Waals surface area (Å²) >= 11 is 0. The SMILES string of the molecule is NCC#Cc1cccc(COC(C(F)(F)F)C(F)(F)F)c1. The predicted octanol–water partition coefficient (Wildman–Crippen LogP) is 3.01. The molecule has 0 aromatic heterocycles. The first-order valence-electron chi connectivity index (χ1n) is 5.67. The first-order valence-corrected chi connectivity index (χ1v) is 5.67. The summed E-state index contributed by atoms with van der Waals surface area (Å²) in [6, 6.07) is 5.69. The fraction of sp³-hybridized carbons (Fsp3) is 0.385. The normalized spacial score (nSPS) is 12.2. The van der Waals surface area contributed by atoms with Crippen LogP contribution < -0.4 is 5.73 Å². The maximum Gasteiger partial charge on any atom is 0.423 e. The Labute approximate surface area is 116 Å². The minimum atomic E-state index is -5.52. The molecule has 21 heavy (non-hydrogen) atoms. The van der Waals surface area contributed by atoms with Crippen molar-refractivity contribution in [3.05, 3.63) is 35.4 Å². The Morgan fingerprint density at radius 1 is 1.10 bits per heavy atom. The lowest BCUT2D eigenvalue weighted by atomic mass is 10.1. The van der Waals surface area contributed by atoms with Crippen LogP contribution in [0, 0.1) is 11.8 Å². The van der Waals surface area contributed by atoms with E-state index in [9.17, 15) is 26.3 Å². The van der Waals surface area contributed by atoms with Crippen LogP contribution in [0.3, 0.4) is 0 Å². The molecule has 1 rings (SSSR count). The van der Waals surface area contributed by atoms with Crippen LogP contribution in [-0.2, 0) is 11.3 Å². The molecule has 0 amide bonds. The van der Waals surface area contributed by atoms with Gasteiger partial charge in [0.1, 0.15) is 0 Å². The lowest BCUT2D eigenvalue weighted by Crippen LogP contribution is -2.44. The van der Waals surface area contributed by atoms with Crippen molar-refractivity contribution >= 4 is 0 Å². The molecule has 0 spiro atoms. The largest absolute Gasteiger partial charge is 0.423 e. The van der Waals surface area contributed by atoms with Gasteiger partial charge in [-0.25, -0.2) is 0 Å². The van der Waals surface area contributed by atoms with Gasteiger partial charge in [-0.3, -0.25) is 0 Å². The second-order valence-corrected chi connectivity index (χ2v) is 3.98. The molecule has 1 aromatic rings. The van der Waals surface area contributed by atoms with Crippen LogP contribution in [0.4, 0.5) is 26.3 Å². The van der Waals surface area contributed by atoms with Gasteiger partial charge in [0.05, 0.1) is 13.2 Å². The van der Waals surface area contributed by atoms with Crippen molar-refractivity contribution in [2.75, 3.05) is 6.54 Å². The van der Waals surface area contributed by atoms with Crippen molar-refractivity contribution in [3.8, 4) is 11.8 Å². The van der Waals surface area contributed by atoms with Crippen molar-refractivity contribution in [3.63, 3.8) is 0 Å². The summed E-state index contributed by atoms with van der Waals surface area (Å²) in [6.45, 7) is -0.743. The summed E-state index contributed by atoms with van der Waals surface area (Å²) in [7, 11) is 0. The van der Waals surface area contributed by atoms with Crippen molar-refractivity contribution in [2.24, 2.45) is 5.73 Å². The van der Waals surface area contributed by atoms with Gasteiger partial charge in [-0.15, -0.1) is 0 Å². The molecule has 0 fully saturated rings. The van der Waals surface area contributed by atoms with Gasteiger partial charge in [-0.2, -0.15) is 26.3 Å². The molecule has 2 N–H and O–H groups in total. The molecular formula is C13H11F6NO. The fourth-order valence-electron chi connectivity index (χ4n) is 1.45. The molecule has 8 heteroatoms. The average Bonchev–Trinajstić information content (AvgIpc) is 2.33. The first kappa shape index (κ1) is 17.3. The monoisotopic (exact) mass is 311 g/mol. The van der Waals surface area contributed by atoms with Gasteiger partial charge in [0.2, 0.25) is 6.10 Å². The molecule has 1 aromatic carbocycles. The maximum atomic E-state index is 12.3. The van der Waals surface area contributed by atoms with Crippen molar-refractivity contribution < 1.29 is 31.1 Å². The standard InChI is InChI=1S/C13H11F6NO/c14-12(15,16)11(13(17,18)19)21-8-10-4-1-3-9(7-10)5-2-6-20/h1,3-4,7,11H,6,8,20H2. The Morgan fingerprint density at radius 2 is 1.71 bits per heavy atom. The molecule has 0 aliphatic rings. The number of ether oxygens (including phenoxy) is 1. The summed E-state index contributed by atoms with van der Waals surface area (Å²) in [5, 5.41) is 0. The van der Waals surface area contributed by atoms with E-state index in [2.05, 4.69) is 16.6 Å². The predicted molar refractivity (Wildman–Crippen MR) is 63.1 cm³/mol. The number of hydrogen-bond donors (Lipinski definition) is 1. The summed E-state index contributed by atoms with van der Waals surface area (Å²) in [5.74, 6) is 5.14. The third-order valence-corrected chi connectivity index (χ3v) is 2.27. The Bertz CT molecular complexity index is 512. The van der Waals surface area contributed by atoms with E-state index >= 15 is 0 Å². The van der Waals surface area contributed by atoms with Crippen LogP contribution in [0.15, 0.2) is 24.3 Å². The molecule has 0 unspecified atom stereocenters. The lowest BCUT2D eigenvalue weighted by Gasteiger charge is -2.23. The van der Waals surface area contributed by atoms with E-state index in [4.69, 9.17) is 5.73 Å². The van der Waals surface area contributed by atoms with Crippen molar-refractivity contribution in [2.45, 2.75) is 25.1 Å². The van der Waals surface area contributed by atoms with Gasteiger partial charge in [0.25, 0.3) is 0 Å². The molecule has 0 aliphatic carbocycles. The highest BCUT2D eigenvalue weighted by atomic mass is 19.4. The average molecular weight is 311 g/mol. The number of hydrogen-bond acceptors (Lipinski definition) is 2. The first-order chi connectivity index (χ1) is 9.64. The van der Waals surface area contributed by atoms with E-state index < -0.39 is 25.1 Å². The molecular weight excluding hydrogens is 300 g/mol. The number of halogens is 6. The Balaban J connectivity index is 2.82. The third-order valence-electron chi connectivity index (χ3n) is 2.27. The summed E-state index contributed by atoms with van der Waals surface area (Å²) in [4.78, 5) is 0. The number of rotatable bonds is 3. The smallest absolute Gasteiger partial charge is 0.356 e. The molecule has 0 heterocycles. The maximum absolute atomic E-state index is 12.3. The highest BCUT2D eigenvalue weighted by Crippen LogP contribution is 2.36. The van der Waals surface area contributed by atoms with Crippen molar-refractivity contribution in [1.82, 2.24) is 0 Å². The number of alkyl halides is 6. The van der Waals surface area contributed by atoms with E-state index in [1.165, 1.54) is 18.2 Å². The molecule has 0 bridgehead atoms. The van der Waals surface area contributed by atoms with Crippen LogP contribution in [0.2, 0.25) is 0 Å². The van der Waals surface area contributed by atoms with E-state index in [0.29, 0.717) is 5.56 Å². The van der Waals surface area contributed by atoms with E-state index in [1.54, 1.807) is 6.07 Å². The van der Waals surface area contributed by atoms with E-state index in [1.807, 2.05) is 0 Å². The van der Waals surface area contributed by atoms with E-state index in [-0.39, 0.29) is 12.1 Å². The second-order valence-electron chi connectivity index (χ2n) is 3.98. The molecule has 0 atom stereocenters. The van der Waals surface area contributed by atoms with Gasteiger partial charge in [0.15, 0.2) is 0 Å². The summed E-state index contributed by atoms with van der Waals surface area (Å²) < 4.78 is 77.7. The zero-order valence-corrected chi connectivity index (χ0v) is 10.6. The van der Waals surface area contributed by atoms with Crippen LogP contribution >= 0.6 is 0 Å². The minimum absolute atomic E-state index is 0.0882. The Hall–Kier alpha value is -1.72. The van der Waals surface area contributed by atoms with E-state index in [0.717, 1.165) is 0 Å². The van der Waals surface area contributed by atoms with Crippen LogP contribution in [0.1, 0.15) is 11.1 Å².